The van der Waals surface area contributed by atoms with Gasteiger partial charge in [0, 0.05) is 17.5 Å². The van der Waals surface area contributed by atoms with Gasteiger partial charge in [0.15, 0.2) is 0 Å². The van der Waals surface area contributed by atoms with E-state index >= 15 is 0 Å². The van der Waals surface area contributed by atoms with Crippen molar-refractivity contribution >= 4 is 6.29 Å². The Morgan fingerprint density at radius 1 is 1.25 bits per heavy atom. The lowest BCUT2D eigenvalue weighted by molar-refractivity contribution is 0.112. The van der Waals surface area contributed by atoms with Crippen LogP contribution in [-0.2, 0) is 0 Å². The minimum absolute atomic E-state index is 0.641. The summed E-state index contributed by atoms with van der Waals surface area (Å²) in [6.45, 7) is 2.70. The highest BCUT2D eigenvalue weighted by Crippen LogP contribution is 2.31. The van der Waals surface area contributed by atoms with E-state index in [0.29, 0.717) is 11.5 Å². The van der Waals surface area contributed by atoms with Gasteiger partial charge in [-0.25, -0.2) is 0 Å². The van der Waals surface area contributed by atoms with Gasteiger partial charge in [-0.15, -0.1) is 0 Å². The first-order chi connectivity index (χ1) is 9.74. The molecule has 3 nitrogen and oxygen atoms in total. The van der Waals surface area contributed by atoms with Crippen molar-refractivity contribution in [1.82, 2.24) is 4.98 Å². The Balaban J connectivity index is 1.92. The van der Waals surface area contributed by atoms with E-state index in [0.717, 1.165) is 35.5 Å². The maximum absolute atomic E-state index is 11.1. The number of hydrogen-bond acceptors (Lipinski definition) is 3. The first-order valence-electron chi connectivity index (χ1n) is 6.91. The molecule has 0 saturated heterocycles. The summed E-state index contributed by atoms with van der Waals surface area (Å²) in [5.74, 6) is 1.47. The third-order valence-electron chi connectivity index (χ3n) is 3.48. The van der Waals surface area contributed by atoms with E-state index in [1.54, 1.807) is 12.3 Å². The van der Waals surface area contributed by atoms with Gasteiger partial charge in [0.25, 0.3) is 0 Å². The van der Waals surface area contributed by atoms with Crippen molar-refractivity contribution in [3.05, 3.63) is 47.8 Å². The molecule has 0 radical (unpaired) electrons. The monoisotopic (exact) mass is 267 g/mol. The lowest BCUT2D eigenvalue weighted by Crippen LogP contribution is -2.00. The zero-order valence-electron chi connectivity index (χ0n) is 11.5. The van der Waals surface area contributed by atoms with E-state index in [2.05, 4.69) is 4.98 Å². The summed E-state index contributed by atoms with van der Waals surface area (Å²) in [6.07, 6.45) is 5.15. The summed E-state index contributed by atoms with van der Waals surface area (Å²) >= 11 is 0. The molecule has 3 heteroatoms. The highest BCUT2D eigenvalue weighted by atomic mass is 16.5. The van der Waals surface area contributed by atoms with Gasteiger partial charge >= 0.3 is 0 Å². The summed E-state index contributed by atoms with van der Waals surface area (Å²) in [4.78, 5) is 15.3. The predicted molar refractivity (Wildman–Crippen MR) is 78.0 cm³/mol. The first kappa shape index (κ1) is 12.9. The minimum Gasteiger partial charge on any atom is -0.493 e. The molecule has 0 aliphatic heterocycles. The Hall–Kier alpha value is -2.16. The molecule has 0 amide bonds. The number of rotatable bonds is 5. The summed E-state index contributed by atoms with van der Waals surface area (Å²) in [7, 11) is 0. The Morgan fingerprint density at radius 3 is 2.80 bits per heavy atom. The quantitative estimate of drug-likeness (QED) is 0.776. The van der Waals surface area contributed by atoms with Crippen molar-refractivity contribution in [2.45, 2.75) is 19.8 Å². The van der Waals surface area contributed by atoms with Crippen molar-refractivity contribution in [3.8, 4) is 16.9 Å². The normalized spacial score (nSPS) is 14.1. The van der Waals surface area contributed by atoms with Crippen LogP contribution in [0.5, 0.6) is 5.75 Å². The SMILES string of the molecule is Cc1cc(-c2cc(C=O)cc(OCC3CC3)c2)ccn1. The van der Waals surface area contributed by atoms with E-state index in [9.17, 15) is 4.79 Å². The number of carbonyl (C=O) groups excluding carboxylic acids is 1. The fraction of sp³-hybridized carbons (Fsp3) is 0.294. The van der Waals surface area contributed by atoms with Crippen LogP contribution in [0.2, 0.25) is 0 Å². The fourth-order valence-electron chi connectivity index (χ4n) is 2.16. The van der Waals surface area contributed by atoms with Crippen LogP contribution in [0.25, 0.3) is 11.1 Å². The van der Waals surface area contributed by atoms with Crippen LogP contribution in [0.1, 0.15) is 28.9 Å². The Morgan fingerprint density at radius 2 is 2.10 bits per heavy atom. The van der Waals surface area contributed by atoms with Gasteiger partial charge in [0.05, 0.1) is 6.61 Å². The average Bonchev–Trinajstić information content (AvgIpc) is 3.29. The molecule has 20 heavy (non-hydrogen) atoms. The molecule has 1 aromatic heterocycles. The van der Waals surface area contributed by atoms with Crippen molar-refractivity contribution < 1.29 is 9.53 Å². The molecule has 0 bridgehead atoms. The minimum atomic E-state index is 0.641. The summed E-state index contributed by atoms with van der Waals surface area (Å²) < 4.78 is 5.79. The van der Waals surface area contributed by atoms with Crippen LogP contribution >= 0.6 is 0 Å². The molecule has 3 rings (SSSR count). The number of carbonyl (C=O) groups is 1. The highest BCUT2D eigenvalue weighted by Gasteiger charge is 2.22. The molecule has 1 saturated carbocycles. The molecule has 0 N–H and O–H groups in total. The number of pyridine rings is 1. The number of aldehydes is 1. The fourth-order valence-corrected chi connectivity index (χ4v) is 2.16. The van der Waals surface area contributed by atoms with Crippen molar-refractivity contribution in [1.29, 1.82) is 0 Å². The molecule has 0 atom stereocenters. The maximum Gasteiger partial charge on any atom is 0.150 e. The summed E-state index contributed by atoms with van der Waals surface area (Å²) in [6, 6.07) is 9.62. The second-order valence-corrected chi connectivity index (χ2v) is 5.35. The molecular weight excluding hydrogens is 250 g/mol. The number of aryl methyl sites for hydroxylation is 1. The van der Waals surface area contributed by atoms with Gasteiger partial charge in [-0.2, -0.15) is 0 Å². The van der Waals surface area contributed by atoms with E-state index in [1.165, 1.54) is 12.8 Å². The topological polar surface area (TPSA) is 39.2 Å². The smallest absolute Gasteiger partial charge is 0.150 e. The molecule has 102 valence electrons. The van der Waals surface area contributed by atoms with Crippen LogP contribution in [0.15, 0.2) is 36.5 Å². The Labute approximate surface area is 118 Å². The lowest BCUT2D eigenvalue weighted by Gasteiger charge is -2.09. The van der Waals surface area contributed by atoms with E-state index in [1.807, 2.05) is 31.2 Å². The number of nitrogens with zero attached hydrogens (tertiary/aromatic N) is 1. The molecule has 2 aromatic rings. The zero-order valence-corrected chi connectivity index (χ0v) is 11.5. The number of aromatic nitrogens is 1. The van der Waals surface area contributed by atoms with Crippen molar-refractivity contribution in [2.75, 3.05) is 6.61 Å². The van der Waals surface area contributed by atoms with Gasteiger partial charge in [-0.1, -0.05) is 0 Å². The molecule has 0 unspecified atom stereocenters. The standard InChI is InChI=1S/C17H17NO2/c1-12-6-15(4-5-18-12)16-7-14(10-19)8-17(9-16)20-11-13-2-3-13/h4-10,13H,2-3,11H2,1H3. The number of benzene rings is 1. The van der Waals surface area contributed by atoms with Crippen molar-refractivity contribution in [2.24, 2.45) is 5.92 Å². The van der Waals surface area contributed by atoms with Crippen LogP contribution in [0.3, 0.4) is 0 Å². The average molecular weight is 267 g/mol. The first-order valence-corrected chi connectivity index (χ1v) is 6.91. The van der Waals surface area contributed by atoms with E-state index < -0.39 is 0 Å². The number of ether oxygens (including phenoxy) is 1. The van der Waals surface area contributed by atoms with Gasteiger partial charge in [0.1, 0.15) is 12.0 Å². The van der Waals surface area contributed by atoms with Crippen LogP contribution in [-0.4, -0.2) is 17.9 Å². The van der Waals surface area contributed by atoms with Gasteiger partial charge in [0.2, 0.25) is 0 Å². The molecule has 0 spiro atoms. The van der Waals surface area contributed by atoms with Crippen LogP contribution in [0, 0.1) is 12.8 Å². The Bertz CT molecular complexity index is 633. The zero-order chi connectivity index (χ0) is 13.9. The molecule has 1 aliphatic carbocycles. The largest absolute Gasteiger partial charge is 0.493 e. The molecule has 1 fully saturated rings. The summed E-state index contributed by atoms with van der Waals surface area (Å²) in [5.41, 5.74) is 3.64. The molecule has 1 heterocycles. The second-order valence-electron chi connectivity index (χ2n) is 5.35. The highest BCUT2D eigenvalue weighted by molar-refractivity contribution is 5.80. The third-order valence-corrected chi connectivity index (χ3v) is 3.48. The second kappa shape index (κ2) is 5.45. The Kier molecular flexibility index (Phi) is 3.50. The molecule has 1 aliphatic rings. The van der Waals surface area contributed by atoms with Crippen molar-refractivity contribution in [3.63, 3.8) is 0 Å². The van der Waals surface area contributed by atoms with E-state index in [-0.39, 0.29) is 0 Å². The summed E-state index contributed by atoms with van der Waals surface area (Å²) in [5, 5.41) is 0. The van der Waals surface area contributed by atoms with Gasteiger partial charge < -0.3 is 4.74 Å². The van der Waals surface area contributed by atoms with E-state index in [4.69, 9.17) is 4.74 Å². The third kappa shape index (κ3) is 3.05. The molecule has 1 aromatic carbocycles. The van der Waals surface area contributed by atoms with Gasteiger partial charge in [-0.05, 0) is 67.1 Å². The maximum atomic E-state index is 11.1. The van der Waals surface area contributed by atoms with Crippen LogP contribution in [0.4, 0.5) is 0 Å². The lowest BCUT2D eigenvalue weighted by atomic mass is 10.0. The van der Waals surface area contributed by atoms with Gasteiger partial charge in [-0.3, -0.25) is 9.78 Å². The molecular formula is C17H17NO2. The number of hydrogen-bond donors (Lipinski definition) is 0. The predicted octanol–water partition coefficient (Wildman–Crippen LogP) is 3.66. The van der Waals surface area contributed by atoms with Crippen LogP contribution < -0.4 is 4.74 Å².